The first-order valence-electron chi connectivity index (χ1n) is 8.52. The zero-order chi connectivity index (χ0) is 16.7. The van der Waals surface area contributed by atoms with Crippen LogP contribution in [0.1, 0.15) is 40.7 Å². The average molecular weight is 323 g/mol. The number of aryl methyl sites for hydroxylation is 1. The fourth-order valence-corrected chi connectivity index (χ4v) is 3.98. The molecule has 3 aliphatic rings. The number of nitrogens with zero attached hydrogens (tertiary/aromatic N) is 2. The number of hydrogen-bond donors (Lipinski definition) is 1. The van der Waals surface area contributed by atoms with Gasteiger partial charge in [-0.3, -0.25) is 0 Å². The lowest BCUT2D eigenvalue weighted by Crippen LogP contribution is -2.50. The minimum atomic E-state index is -0.271. The number of carbonyl (C=O) groups excluding carboxylic acids is 1. The second-order valence-corrected chi connectivity index (χ2v) is 7.19. The Morgan fingerprint density at radius 1 is 1.33 bits per heavy atom. The van der Waals surface area contributed by atoms with Crippen LogP contribution in [0.25, 0.3) is 10.9 Å². The molecular weight excluding hydrogens is 302 g/mol. The largest absolute Gasteiger partial charge is 0.461 e. The third kappa shape index (κ3) is 2.47. The molecule has 4 heterocycles. The first kappa shape index (κ1) is 15.2. The van der Waals surface area contributed by atoms with Gasteiger partial charge in [0.1, 0.15) is 0 Å². The van der Waals surface area contributed by atoms with Crippen LogP contribution in [0.4, 0.5) is 0 Å². The van der Waals surface area contributed by atoms with Crippen LogP contribution in [-0.2, 0) is 4.74 Å². The van der Waals surface area contributed by atoms with E-state index in [0.717, 1.165) is 55.4 Å². The van der Waals surface area contributed by atoms with Crippen LogP contribution in [0.3, 0.4) is 0 Å². The summed E-state index contributed by atoms with van der Waals surface area (Å²) in [4.78, 5) is 18.1. The Labute approximate surface area is 141 Å². The predicted octanol–water partition coefficient (Wildman–Crippen LogP) is 2.99. The molecule has 0 atom stereocenters. The van der Waals surface area contributed by atoms with E-state index in [1.165, 1.54) is 0 Å². The zero-order valence-electron chi connectivity index (χ0n) is 13.9. The SMILES string of the molecule is Cc1cc2c(C(=O)OCC34CCN(CC3)CC4)c[nH]c2cc1C#N. The van der Waals surface area contributed by atoms with Gasteiger partial charge in [0.2, 0.25) is 0 Å². The number of piperidine rings is 3. The molecule has 1 aromatic carbocycles. The molecule has 5 rings (SSSR count). The number of esters is 1. The highest BCUT2D eigenvalue weighted by Gasteiger charge is 2.40. The van der Waals surface area contributed by atoms with Crippen molar-refractivity contribution in [3.8, 4) is 6.07 Å². The van der Waals surface area contributed by atoms with Crippen LogP contribution < -0.4 is 0 Å². The number of carbonyl (C=O) groups is 1. The quantitative estimate of drug-likeness (QED) is 0.882. The van der Waals surface area contributed by atoms with Gasteiger partial charge in [0.05, 0.1) is 23.8 Å². The van der Waals surface area contributed by atoms with Crippen molar-refractivity contribution in [3.05, 3.63) is 35.0 Å². The van der Waals surface area contributed by atoms with Crippen molar-refractivity contribution < 1.29 is 9.53 Å². The molecule has 3 aliphatic heterocycles. The molecule has 2 bridgehead atoms. The number of aromatic nitrogens is 1. The molecule has 0 spiro atoms. The number of rotatable bonds is 3. The summed E-state index contributed by atoms with van der Waals surface area (Å²) in [5.41, 5.74) is 3.03. The minimum Gasteiger partial charge on any atom is -0.461 e. The Kier molecular flexibility index (Phi) is 3.58. The summed E-state index contributed by atoms with van der Waals surface area (Å²) in [5.74, 6) is -0.271. The average Bonchev–Trinajstić information content (AvgIpc) is 3.03. The van der Waals surface area contributed by atoms with Crippen LogP contribution in [0.15, 0.2) is 18.3 Å². The van der Waals surface area contributed by atoms with E-state index in [1.807, 2.05) is 13.0 Å². The summed E-state index contributed by atoms with van der Waals surface area (Å²) in [7, 11) is 0. The zero-order valence-corrected chi connectivity index (χ0v) is 13.9. The van der Waals surface area contributed by atoms with Crippen LogP contribution in [0, 0.1) is 23.7 Å². The van der Waals surface area contributed by atoms with Gasteiger partial charge in [0, 0.05) is 22.5 Å². The summed E-state index contributed by atoms with van der Waals surface area (Å²) in [6.07, 6.45) is 5.06. The Morgan fingerprint density at radius 2 is 2.04 bits per heavy atom. The molecule has 24 heavy (non-hydrogen) atoms. The van der Waals surface area contributed by atoms with Crippen molar-refractivity contribution in [1.29, 1.82) is 5.26 Å². The van der Waals surface area contributed by atoms with Gasteiger partial charge in [-0.2, -0.15) is 5.26 Å². The maximum absolute atomic E-state index is 12.6. The number of benzene rings is 1. The fraction of sp³-hybridized carbons (Fsp3) is 0.474. The molecule has 2 aromatic rings. The molecule has 5 nitrogen and oxygen atoms in total. The first-order chi connectivity index (χ1) is 11.6. The van der Waals surface area contributed by atoms with Crippen molar-refractivity contribution in [1.82, 2.24) is 9.88 Å². The highest BCUT2D eigenvalue weighted by atomic mass is 16.5. The molecule has 3 saturated heterocycles. The van der Waals surface area contributed by atoms with E-state index in [0.29, 0.717) is 17.7 Å². The minimum absolute atomic E-state index is 0.181. The molecule has 0 saturated carbocycles. The van der Waals surface area contributed by atoms with Crippen molar-refractivity contribution in [2.45, 2.75) is 26.2 Å². The lowest BCUT2D eigenvalue weighted by molar-refractivity contribution is -0.0304. The monoisotopic (exact) mass is 323 g/mol. The predicted molar refractivity (Wildman–Crippen MR) is 90.8 cm³/mol. The highest BCUT2D eigenvalue weighted by Crippen LogP contribution is 2.40. The number of hydrogen-bond acceptors (Lipinski definition) is 4. The third-order valence-corrected chi connectivity index (χ3v) is 5.75. The Balaban J connectivity index is 1.53. The summed E-state index contributed by atoms with van der Waals surface area (Å²) >= 11 is 0. The van der Waals surface area contributed by atoms with E-state index in [4.69, 9.17) is 10.00 Å². The maximum atomic E-state index is 12.6. The molecule has 0 aliphatic carbocycles. The third-order valence-electron chi connectivity index (χ3n) is 5.75. The van der Waals surface area contributed by atoms with Crippen molar-refractivity contribution in [2.75, 3.05) is 26.2 Å². The lowest BCUT2D eigenvalue weighted by atomic mass is 9.73. The van der Waals surface area contributed by atoms with Gasteiger partial charge in [-0.25, -0.2) is 4.79 Å². The van der Waals surface area contributed by atoms with Gasteiger partial charge in [-0.1, -0.05) is 0 Å². The fourth-order valence-electron chi connectivity index (χ4n) is 3.98. The molecule has 3 fully saturated rings. The van der Waals surface area contributed by atoms with Crippen molar-refractivity contribution in [2.24, 2.45) is 5.41 Å². The standard InChI is InChI=1S/C19H21N3O2/c1-13-8-15-16(11-21-17(15)9-14(13)10-20)18(23)24-12-19-2-5-22(6-3-19)7-4-19/h8-9,11,21H,2-7,12H2,1H3. The van der Waals surface area contributed by atoms with Crippen molar-refractivity contribution in [3.63, 3.8) is 0 Å². The van der Waals surface area contributed by atoms with Gasteiger partial charge in [-0.15, -0.1) is 0 Å². The molecule has 124 valence electrons. The highest BCUT2D eigenvalue weighted by molar-refractivity contribution is 6.04. The van der Waals surface area contributed by atoms with E-state index in [2.05, 4.69) is 16.0 Å². The molecule has 1 N–H and O–H groups in total. The maximum Gasteiger partial charge on any atom is 0.340 e. The van der Waals surface area contributed by atoms with Gasteiger partial charge in [-0.05, 0) is 63.5 Å². The summed E-state index contributed by atoms with van der Waals surface area (Å²) in [6.45, 7) is 5.78. The second-order valence-electron chi connectivity index (χ2n) is 7.19. The summed E-state index contributed by atoms with van der Waals surface area (Å²) in [5, 5.41) is 9.95. The van der Waals surface area contributed by atoms with Crippen LogP contribution in [0.2, 0.25) is 0 Å². The Morgan fingerprint density at radius 3 is 2.71 bits per heavy atom. The van der Waals surface area contributed by atoms with Crippen LogP contribution in [-0.4, -0.2) is 42.1 Å². The number of H-pyrrole nitrogens is 1. The number of fused-ring (bicyclic) bond motifs is 4. The topological polar surface area (TPSA) is 69.1 Å². The lowest BCUT2D eigenvalue weighted by Gasteiger charge is -2.47. The van der Waals surface area contributed by atoms with E-state index in [1.54, 1.807) is 12.3 Å². The van der Waals surface area contributed by atoms with Gasteiger partial charge >= 0.3 is 5.97 Å². The van der Waals surface area contributed by atoms with E-state index >= 15 is 0 Å². The molecule has 0 amide bonds. The van der Waals surface area contributed by atoms with Gasteiger partial charge in [0.15, 0.2) is 0 Å². The smallest absolute Gasteiger partial charge is 0.340 e. The Hall–Kier alpha value is -2.32. The molecule has 5 heteroatoms. The normalized spacial score (nSPS) is 25.6. The van der Waals surface area contributed by atoms with E-state index in [-0.39, 0.29) is 11.4 Å². The van der Waals surface area contributed by atoms with Gasteiger partial charge < -0.3 is 14.6 Å². The van der Waals surface area contributed by atoms with Crippen LogP contribution in [0.5, 0.6) is 0 Å². The molecular formula is C19H21N3O2. The summed E-state index contributed by atoms with van der Waals surface area (Å²) < 4.78 is 5.71. The number of nitrogens with one attached hydrogen (secondary N) is 1. The molecule has 0 radical (unpaired) electrons. The number of ether oxygens (including phenoxy) is 1. The number of aromatic amines is 1. The first-order valence-corrected chi connectivity index (χ1v) is 8.52. The second kappa shape index (κ2) is 5.64. The molecule has 0 unspecified atom stereocenters. The number of nitriles is 1. The Bertz CT molecular complexity index is 824. The van der Waals surface area contributed by atoms with E-state index in [9.17, 15) is 4.79 Å². The van der Waals surface area contributed by atoms with E-state index < -0.39 is 0 Å². The van der Waals surface area contributed by atoms with Gasteiger partial charge in [0.25, 0.3) is 0 Å². The van der Waals surface area contributed by atoms with Crippen molar-refractivity contribution >= 4 is 16.9 Å². The molecule has 1 aromatic heterocycles. The van der Waals surface area contributed by atoms with Crippen LogP contribution >= 0.6 is 0 Å². The summed E-state index contributed by atoms with van der Waals surface area (Å²) in [6, 6.07) is 5.85.